The second kappa shape index (κ2) is 9.16. The van der Waals surface area contributed by atoms with Crippen LogP contribution in [0.1, 0.15) is 5.69 Å². The van der Waals surface area contributed by atoms with Gasteiger partial charge in [-0.1, -0.05) is 72.8 Å². The van der Waals surface area contributed by atoms with Crippen molar-refractivity contribution in [2.45, 2.75) is 16.8 Å². The summed E-state index contributed by atoms with van der Waals surface area (Å²) in [5, 5.41) is 4.69. The highest BCUT2D eigenvalue weighted by Gasteiger charge is 2.22. The molecule has 0 fully saturated rings. The molecule has 0 bridgehead atoms. The van der Waals surface area contributed by atoms with Crippen LogP contribution in [-0.2, 0) is 9.84 Å². The van der Waals surface area contributed by atoms with E-state index in [4.69, 9.17) is 0 Å². The summed E-state index contributed by atoms with van der Waals surface area (Å²) in [7, 11) is -3.74. The van der Waals surface area contributed by atoms with Crippen LogP contribution in [0.5, 0.6) is 0 Å². The van der Waals surface area contributed by atoms with Gasteiger partial charge in [-0.15, -0.1) is 0 Å². The smallest absolute Gasteiger partial charge is 0.223 e. The van der Waals surface area contributed by atoms with E-state index < -0.39 is 9.84 Å². The van der Waals surface area contributed by atoms with E-state index in [2.05, 4.69) is 93.0 Å². The van der Waals surface area contributed by atoms with Gasteiger partial charge in [0.2, 0.25) is 9.84 Å². The minimum Gasteiger partial charge on any atom is -0.309 e. The highest BCUT2D eigenvalue weighted by Crippen LogP contribution is 2.40. The summed E-state index contributed by atoms with van der Waals surface area (Å²) in [5.41, 5.74) is 6.90. The molecule has 0 radical (unpaired) electrons. The Morgan fingerprint density at radius 1 is 0.524 bits per heavy atom. The maximum atomic E-state index is 13.3. The molecule has 0 aliphatic carbocycles. The van der Waals surface area contributed by atoms with Crippen molar-refractivity contribution in [1.29, 1.82) is 0 Å². The van der Waals surface area contributed by atoms with Crippen LogP contribution in [0.2, 0.25) is 0 Å². The number of aryl methyl sites for hydroxylation is 1. The summed E-state index contributed by atoms with van der Waals surface area (Å²) in [6, 6.07) is 43.8. The predicted molar refractivity (Wildman–Crippen MR) is 170 cm³/mol. The van der Waals surface area contributed by atoms with Crippen molar-refractivity contribution in [3.8, 4) is 11.4 Å². The lowest BCUT2D eigenvalue weighted by Crippen LogP contribution is -2.07. The highest BCUT2D eigenvalue weighted by atomic mass is 32.2. The number of nitrogens with zero attached hydrogens (tertiary/aromatic N) is 3. The van der Waals surface area contributed by atoms with Crippen LogP contribution in [0.15, 0.2) is 143 Å². The zero-order valence-corrected chi connectivity index (χ0v) is 23.6. The summed E-state index contributed by atoms with van der Waals surface area (Å²) >= 11 is 0. The maximum absolute atomic E-state index is 13.3. The lowest BCUT2D eigenvalue weighted by Gasteiger charge is -2.13. The number of hydrogen-bond donors (Lipinski definition) is 0. The topological polar surface area (TPSA) is 56.9 Å². The van der Waals surface area contributed by atoms with Crippen molar-refractivity contribution in [3.05, 3.63) is 139 Å². The number of rotatable bonds is 4. The van der Waals surface area contributed by atoms with Crippen LogP contribution < -0.4 is 0 Å². The number of aromatic nitrogens is 3. The van der Waals surface area contributed by atoms with Gasteiger partial charge in [0.05, 0.1) is 38.3 Å². The molecule has 0 aliphatic rings. The molecule has 202 valence electrons. The van der Waals surface area contributed by atoms with Crippen LogP contribution in [0.25, 0.3) is 55.0 Å². The molecule has 0 unspecified atom stereocenters. The highest BCUT2D eigenvalue weighted by molar-refractivity contribution is 7.91. The Hall–Kier alpha value is -5.20. The van der Waals surface area contributed by atoms with Crippen molar-refractivity contribution >= 4 is 53.4 Å². The monoisotopic (exact) mass is 563 g/mol. The van der Waals surface area contributed by atoms with Crippen LogP contribution in [0.3, 0.4) is 0 Å². The van der Waals surface area contributed by atoms with Crippen molar-refractivity contribution < 1.29 is 8.42 Å². The van der Waals surface area contributed by atoms with E-state index >= 15 is 0 Å². The predicted octanol–water partition coefficient (Wildman–Crippen LogP) is 8.42. The number of para-hydroxylation sites is 3. The van der Waals surface area contributed by atoms with Crippen LogP contribution >= 0.6 is 0 Å². The maximum Gasteiger partial charge on any atom is 0.223 e. The Kier molecular flexibility index (Phi) is 5.36. The van der Waals surface area contributed by atoms with Gasteiger partial charge in [-0.05, 0) is 67.6 Å². The van der Waals surface area contributed by atoms with E-state index in [0.29, 0.717) is 5.69 Å². The van der Waals surface area contributed by atoms with E-state index in [1.807, 2.05) is 25.1 Å². The van der Waals surface area contributed by atoms with Gasteiger partial charge in [0.25, 0.3) is 0 Å². The Labute approximate surface area is 242 Å². The summed E-state index contributed by atoms with van der Waals surface area (Å²) in [5.74, 6) is 0. The third-order valence-corrected chi connectivity index (χ3v) is 9.75. The summed E-state index contributed by atoms with van der Waals surface area (Å²) in [6.07, 6.45) is 0. The number of benzene rings is 5. The Morgan fingerprint density at radius 2 is 1.07 bits per heavy atom. The van der Waals surface area contributed by atoms with E-state index in [9.17, 15) is 8.42 Å². The van der Waals surface area contributed by atoms with Gasteiger partial charge in [0, 0.05) is 27.2 Å². The molecule has 0 spiro atoms. The Bertz CT molecular complexity index is 2420. The first-order chi connectivity index (χ1) is 20.5. The van der Waals surface area contributed by atoms with Crippen molar-refractivity contribution in [2.75, 3.05) is 0 Å². The third-order valence-electron chi connectivity index (χ3n) is 8.08. The molecule has 3 heterocycles. The molecule has 0 saturated carbocycles. The Morgan fingerprint density at radius 3 is 1.71 bits per heavy atom. The van der Waals surface area contributed by atoms with Gasteiger partial charge in [0.15, 0.2) is 5.03 Å². The van der Waals surface area contributed by atoms with Crippen LogP contribution in [0.4, 0.5) is 0 Å². The third kappa shape index (κ3) is 3.55. The van der Waals surface area contributed by atoms with Crippen molar-refractivity contribution in [1.82, 2.24) is 14.1 Å². The number of pyridine rings is 1. The molecule has 5 aromatic carbocycles. The lowest BCUT2D eigenvalue weighted by atomic mass is 10.1. The second-order valence-electron chi connectivity index (χ2n) is 10.5. The van der Waals surface area contributed by atoms with E-state index in [-0.39, 0.29) is 9.92 Å². The second-order valence-corrected chi connectivity index (χ2v) is 12.4. The van der Waals surface area contributed by atoms with Gasteiger partial charge in [-0.2, -0.15) is 0 Å². The first-order valence-electron chi connectivity index (χ1n) is 13.8. The molecular weight excluding hydrogens is 538 g/mol. The summed E-state index contributed by atoms with van der Waals surface area (Å²) < 4.78 is 31.2. The standard InChI is InChI=1S/C36H25N3O2S/c1-24-31(20-21-36(37-24)42(40,41)26-14-6-3-7-15-26)39-33-19-11-9-17-28(33)30-22-29-27-16-8-10-18-32(27)38(34(29)23-35(30)39)25-12-4-2-5-13-25/h2-23H,1H3. The molecule has 8 aromatic rings. The molecule has 0 N–H and O–H groups in total. The SMILES string of the molecule is Cc1nc(S(=O)(=O)c2ccccc2)ccc1-n1c2ccccc2c2cc3c4ccccc4n(-c4ccccc4)c3cc21. The minimum atomic E-state index is -3.74. The molecule has 0 saturated heterocycles. The van der Waals surface area contributed by atoms with Gasteiger partial charge >= 0.3 is 0 Å². The summed E-state index contributed by atoms with van der Waals surface area (Å²) in [4.78, 5) is 4.87. The molecule has 8 rings (SSSR count). The zero-order chi connectivity index (χ0) is 28.4. The van der Waals surface area contributed by atoms with E-state index in [1.54, 1.807) is 36.4 Å². The molecule has 5 nitrogen and oxygen atoms in total. The first kappa shape index (κ1) is 24.6. The average molecular weight is 564 g/mol. The lowest BCUT2D eigenvalue weighted by molar-refractivity contribution is 0.592. The molecule has 0 amide bonds. The van der Waals surface area contributed by atoms with Gasteiger partial charge in [0.1, 0.15) is 0 Å². The molecule has 3 aromatic heterocycles. The van der Waals surface area contributed by atoms with Gasteiger partial charge in [-0.25, -0.2) is 13.4 Å². The molecular formula is C36H25N3O2S. The number of fused-ring (bicyclic) bond motifs is 6. The van der Waals surface area contributed by atoms with E-state index in [0.717, 1.165) is 44.2 Å². The van der Waals surface area contributed by atoms with Gasteiger partial charge < -0.3 is 9.13 Å². The first-order valence-corrected chi connectivity index (χ1v) is 15.3. The molecule has 0 aliphatic heterocycles. The fourth-order valence-electron chi connectivity index (χ4n) is 6.18. The normalized spacial score (nSPS) is 12.1. The van der Waals surface area contributed by atoms with Crippen LogP contribution in [0, 0.1) is 6.92 Å². The fraction of sp³-hybridized carbons (Fsp3) is 0.0278. The quantitative estimate of drug-likeness (QED) is 0.216. The Balaban J connectivity index is 1.43. The van der Waals surface area contributed by atoms with Gasteiger partial charge in [-0.3, -0.25) is 0 Å². The van der Waals surface area contributed by atoms with Crippen molar-refractivity contribution in [2.24, 2.45) is 0 Å². The summed E-state index contributed by atoms with van der Waals surface area (Å²) in [6.45, 7) is 1.87. The fourth-order valence-corrected chi connectivity index (χ4v) is 7.44. The zero-order valence-electron chi connectivity index (χ0n) is 22.8. The minimum absolute atomic E-state index is 0.0438. The molecule has 6 heteroatoms. The molecule has 42 heavy (non-hydrogen) atoms. The van der Waals surface area contributed by atoms with Crippen molar-refractivity contribution in [3.63, 3.8) is 0 Å². The number of sulfone groups is 1. The molecule has 0 atom stereocenters. The average Bonchev–Trinajstić information content (AvgIpc) is 3.53. The van der Waals surface area contributed by atoms with E-state index in [1.165, 1.54) is 10.8 Å². The number of hydrogen-bond acceptors (Lipinski definition) is 3. The van der Waals surface area contributed by atoms with Crippen LogP contribution in [-0.4, -0.2) is 22.5 Å². The largest absolute Gasteiger partial charge is 0.309 e.